The Balaban J connectivity index is 1.83. The SMILES string of the molecule is CC(=O)c1csc(C(=O)N2CCC[C@H]2c2ccn[nH]2)c1. The van der Waals surface area contributed by atoms with Crippen LogP contribution in [0.5, 0.6) is 0 Å². The lowest BCUT2D eigenvalue weighted by atomic mass is 10.1. The molecule has 1 fully saturated rings. The Kier molecular flexibility index (Phi) is 3.40. The summed E-state index contributed by atoms with van der Waals surface area (Å²) in [7, 11) is 0. The number of aromatic amines is 1. The second-order valence-electron chi connectivity index (χ2n) is 4.92. The van der Waals surface area contributed by atoms with Crippen LogP contribution in [0, 0.1) is 0 Å². The summed E-state index contributed by atoms with van der Waals surface area (Å²) in [5.41, 5.74) is 1.58. The van der Waals surface area contributed by atoms with Gasteiger partial charge in [0.05, 0.1) is 16.6 Å². The van der Waals surface area contributed by atoms with Crippen molar-refractivity contribution in [3.63, 3.8) is 0 Å². The molecule has 6 heteroatoms. The zero-order chi connectivity index (χ0) is 14.1. The van der Waals surface area contributed by atoms with Gasteiger partial charge in [-0.2, -0.15) is 5.10 Å². The number of aromatic nitrogens is 2. The normalized spacial score (nSPS) is 18.4. The molecule has 20 heavy (non-hydrogen) atoms. The van der Waals surface area contributed by atoms with Crippen molar-refractivity contribution < 1.29 is 9.59 Å². The lowest BCUT2D eigenvalue weighted by Gasteiger charge is -2.23. The van der Waals surface area contributed by atoms with Crippen molar-refractivity contribution in [3.8, 4) is 0 Å². The summed E-state index contributed by atoms with van der Waals surface area (Å²) in [6.45, 7) is 2.26. The van der Waals surface area contributed by atoms with Crippen LogP contribution in [0.15, 0.2) is 23.7 Å². The zero-order valence-electron chi connectivity index (χ0n) is 11.1. The molecule has 2 aromatic rings. The van der Waals surface area contributed by atoms with Crippen molar-refractivity contribution in [2.75, 3.05) is 6.54 Å². The van der Waals surface area contributed by atoms with Gasteiger partial charge in [0.15, 0.2) is 5.78 Å². The molecule has 2 aromatic heterocycles. The van der Waals surface area contributed by atoms with Gasteiger partial charge < -0.3 is 4.90 Å². The van der Waals surface area contributed by atoms with E-state index in [-0.39, 0.29) is 17.7 Å². The summed E-state index contributed by atoms with van der Waals surface area (Å²) in [6.07, 6.45) is 3.63. The van der Waals surface area contributed by atoms with Crippen LogP contribution in [0.3, 0.4) is 0 Å². The van der Waals surface area contributed by atoms with Crippen LogP contribution in [0.25, 0.3) is 0 Å². The zero-order valence-corrected chi connectivity index (χ0v) is 11.9. The van der Waals surface area contributed by atoms with E-state index >= 15 is 0 Å². The van der Waals surface area contributed by atoms with Crippen LogP contribution in [-0.4, -0.2) is 33.3 Å². The third kappa shape index (κ3) is 2.27. The first kappa shape index (κ1) is 13.1. The maximum Gasteiger partial charge on any atom is 0.264 e. The van der Waals surface area contributed by atoms with Crippen molar-refractivity contribution in [1.29, 1.82) is 0 Å². The molecule has 0 aliphatic carbocycles. The molecule has 1 N–H and O–H groups in total. The Bertz CT molecular complexity index is 633. The number of H-pyrrole nitrogens is 1. The van der Waals surface area contributed by atoms with E-state index < -0.39 is 0 Å². The predicted molar refractivity (Wildman–Crippen MR) is 75.9 cm³/mol. The van der Waals surface area contributed by atoms with E-state index in [1.807, 2.05) is 11.0 Å². The average Bonchev–Trinajstić information content (AvgIpc) is 3.17. The molecule has 0 aromatic carbocycles. The van der Waals surface area contributed by atoms with Gasteiger partial charge in [0.2, 0.25) is 0 Å². The van der Waals surface area contributed by atoms with Gasteiger partial charge in [-0.05, 0) is 31.9 Å². The molecule has 1 saturated heterocycles. The van der Waals surface area contributed by atoms with Crippen molar-refractivity contribution in [2.45, 2.75) is 25.8 Å². The molecular formula is C14H15N3O2S. The van der Waals surface area contributed by atoms with Gasteiger partial charge in [0.1, 0.15) is 0 Å². The van der Waals surface area contributed by atoms with E-state index in [1.165, 1.54) is 18.3 Å². The monoisotopic (exact) mass is 289 g/mol. The number of nitrogens with one attached hydrogen (secondary N) is 1. The quantitative estimate of drug-likeness (QED) is 0.883. The maximum atomic E-state index is 12.6. The minimum Gasteiger partial charge on any atom is -0.329 e. The molecule has 0 saturated carbocycles. The van der Waals surface area contributed by atoms with Gasteiger partial charge in [0, 0.05) is 23.7 Å². The first-order valence-electron chi connectivity index (χ1n) is 6.56. The molecule has 0 spiro atoms. The number of carbonyl (C=O) groups is 2. The molecule has 1 aliphatic heterocycles. The molecule has 1 atom stereocenters. The maximum absolute atomic E-state index is 12.6. The minimum atomic E-state index is -0.00756. The number of thiophene rings is 1. The fourth-order valence-electron chi connectivity index (χ4n) is 2.56. The first-order chi connectivity index (χ1) is 9.66. The average molecular weight is 289 g/mol. The molecule has 3 heterocycles. The molecule has 104 valence electrons. The van der Waals surface area contributed by atoms with Crippen molar-refractivity contribution in [3.05, 3.63) is 39.8 Å². The summed E-state index contributed by atoms with van der Waals surface area (Å²) in [4.78, 5) is 26.4. The lowest BCUT2D eigenvalue weighted by molar-refractivity contribution is 0.0738. The number of carbonyl (C=O) groups excluding carboxylic acids is 2. The van der Waals surface area contributed by atoms with E-state index in [9.17, 15) is 9.59 Å². The van der Waals surface area contributed by atoms with Crippen molar-refractivity contribution in [1.82, 2.24) is 15.1 Å². The second-order valence-corrected chi connectivity index (χ2v) is 5.84. The van der Waals surface area contributed by atoms with Crippen LogP contribution in [0.2, 0.25) is 0 Å². The summed E-state index contributed by atoms with van der Waals surface area (Å²) >= 11 is 1.33. The second kappa shape index (κ2) is 5.20. The number of amides is 1. The number of rotatable bonds is 3. The van der Waals surface area contributed by atoms with E-state index in [4.69, 9.17) is 0 Å². The van der Waals surface area contributed by atoms with E-state index in [1.54, 1.807) is 17.6 Å². The third-order valence-corrected chi connectivity index (χ3v) is 4.53. The minimum absolute atomic E-state index is 0.000370. The molecule has 0 bridgehead atoms. The number of ketones is 1. The molecule has 1 aliphatic rings. The van der Waals surface area contributed by atoms with E-state index in [0.29, 0.717) is 10.4 Å². The molecule has 1 amide bonds. The Morgan fingerprint density at radius 1 is 1.50 bits per heavy atom. The summed E-state index contributed by atoms with van der Waals surface area (Å²) in [5, 5.41) is 8.65. The Hall–Kier alpha value is -1.95. The van der Waals surface area contributed by atoms with Crippen LogP contribution in [-0.2, 0) is 0 Å². The van der Waals surface area contributed by atoms with E-state index in [2.05, 4.69) is 10.2 Å². The van der Waals surface area contributed by atoms with E-state index in [0.717, 1.165) is 25.1 Å². The highest BCUT2D eigenvalue weighted by molar-refractivity contribution is 7.12. The van der Waals surface area contributed by atoms with Gasteiger partial charge in [-0.15, -0.1) is 11.3 Å². The Morgan fingerprint density at radius 3 is 3.00 bits per heavy atom. The lowest BCUT2D eigenvalue weighted by Crippen LogP contribution is -2.30. The molecule has 0 radical (unpaired) electrons. The van der Waals surface area contributed by atoms with Gasteiger partial charge in [-0.1, -0.05) is 0 Å². The number of hydrogen-bond donors (Lipinski definition) is 1. The fraction of sp³-hybridized carbons (Fsp3) is 0.357. The van der Waals surface area contributed by atoms with Crippen LogP contribution >= 0.6 is 11.3 Å². The fourth-order valence-corrected chi connectivity index (χ4v) is 3.46. The number of likely N-dealkylation sites (tertiary alicyclic amines) is 1. The smallest absolute Gasteiger partial charge is 0.264 e. The summed E-state index contributed by atoms with van der Waals surface area (Å²) in [5.74, 6) is -0.00793. The molecular weight excluding hydrogens is 274 g/mol. The van der Waals surface area contributed by atoms with Gasteiger partial charge in [-0.3, -0.25) is 14.7 Å². The predicted octanol–water partition coefficient (Wildman–Crippen LogP) is 2.65. The highest BCUT2D eigenvalue weighted by Gasteiger charge is 2.32. The Labute approximate surface area is 120 Å². The topological polar surface area (TPSA) is 66.1 Å². The molecule has 5 nitrogen and oxygen atoms in total. The molecule has 3 rings (SSSR count). The van der Waals surface area contributed by atoms with Gasteiger partial charge >= 0.3 is 0 Å². The van der Waals surface area contributed by atoms with Gasteiger partial charge in [-0.25, -0.2) is 0 Å². The Morgan fingerprint density at radius 2 is 2.35 bits per heavy atom. The van der Waals surface area contributed by atoms with Crippen LogP contribution < -0.4 is 0 Å². The number of hydrogen-bond acceptors (Lipinski definition) is 4. The standard InChI is InChI=1S/C14H15N3O2S/c1-9(18)10-7-13(20-8-10)14(19)17-6-2-3-12(17)11-4-5-15-16-11/h4-5,7-8,12H,2-3,6H2,1H3,(H,15,16)/t12-/m0/s1. The summed E-state index contributed by atoms with van der Waals surface area (Å²) < 4.78 is 0. The van der Waals surface area contributed by atoms with Crippen LogP contribution in [0.1, 0.15) is 51.5 Å². The van der Waals surface area contributed by atoms with Crippen molar-refractivity contribution >= 4 is 23.0 Å². The first-order valence-corrected chi connectivity index (χ1v) is 7.44. The number of Topliss-reactive ketones (excluding diaryl/α,β-unsaturated/α-hetero) is 1. The molecule has 0 unspecified atom stereocenters. The highest BCUT2D eigenvalue weighted by Crippen LogP contribution is 2.32. The third-order valence-electron chi connectivity index (χ3n) is 3.61. The number of nitrogens with zero attached hydrogens (tertiary/aromatic N) is 2. The van der Waals surface area contributed by atoms with Crippen molar-refractivity contribution in [2.24, 2.45) is 0 Å². The largest absolute Gasteiger partial charge is 0.329 e. The van der Waals surface area contributed by atoms with Gasteiger partial charge in [0.25, 0.3) is 5.91 Å². The highest BCUT2D eigenvalue weighted by atomic mass is 32.1. The van der Waals surface area contributed by atoms with Crippen LogP contribution in [0.4, 0.5) is 0 Å². The summed E-state index contributed by atoms with van der Waals surface area (Å²) in [6, 6.07) is 3.66.